The third-order valence-corrected chi connectivity index (χ3v) is 6.41. The minimum atomic E-state index is 0.549. The van der Waals surface area contributed by atoms with E-state index in [1.54, 1.807) is 4.88 Å². The molecular formula is C17H26BrNOS. The van der Waals surface area contributed by atoms with E-state index in [0.29, 0.717) is 12.1 Å². The average Bonchev–Trinajstić information content (AvgIpc) is 2.89. The zero-order chi connectivity index (χ0) is 14.5. The van der Waals surface area contributed by atoms with Gasteiger partial charge in [0.1, 0.15) is 0 Å². The lowest BCUT2D eigenvalue weighted by Gasteiger charge is -2.24. The van der Waals surface area contributed by atoms with E-state index in [1.165, 1.54) is 60.7 Å². The van der Waals surface area contributed by atoms with Gasteiger partial charge in [0, 0.05) is 17.5 Å². The first-order chi connectivity index (χ1) is 10.3. The molecule has 2 aliphatic carbocycles. The standard InChI is InChI=1S/C17H26BrNOS/c18-17-12-14-15(8-4-9-16(14)21-17)19-10-5-11-20-13-6-2-1-3-7-13/h12-13,15,19H,1-11H2. The van der Waals surface area contributed by atoms with Crippen LogP contribution in [0, 0.1) is 0 Å². The van der Waals surface area contributed by atoms with E-state index < -0.39 is 0 Å². The highest BCUT2D eigenvalue weighted by molar-refractivity contribution is 9.11. The summed E-state index contributed by atoms with van der Waals surface area (Å²) in [6.45, 7) is 1.99. The lowest BCUT2D eigenvalue weighted by Crippen LogP contribution is -2.26. The van der Waals surface area contributed by atoms with E-state index in [9.17, 15) is 0 Å². The average molecular weight is 372 g/mol. The van der Waals surface area contributed by atoms with Gasteiger partial charge in [0.2, 0.25) is 0 Å². The largest absolute Gasteiger partial charge is 0.378 e. The molecule has 1 aromatic heterocycles. The highest BCUT2D eigenvalue weighted by atomic mass is 79.9. The summed E-state index contributed by atoms with van der Waals surface area (Å²) in [5, 5.41) is 3.73. The first-order valence-electron chi connectivity index (χ1n) is 8.46. The van der Waals surface area contributed by atoms with E-state index in [4.69, 9.17) is 4.74 Å². The molecule has 1 unspecified atom stereocenters. The molecule has 2 nitrogen and oxygen atoms in total. The van der Waals surface area contributed by atoms with Gasteiger partial charge in [-0.1, -0.05) is 19.3 Å². The summed E-state index contributed by atoms with van der Waals surface area (Å²) >= 11 is 5.54. The number of halogens is 1. The van der Waals surface area contributed by atoms with Crippen LogP contribution in [-0.4, -0.2) is 19.3 Å². The van der Waals surface area contributed by atoms with Crippen LogP contribution in [0.2, 0.25) is 0 Å². The first kappa shape index (κ1) is 16.0. The lowest BCUT2D eigenvalue weighted by atomic mass is 9.94. The van der Waals surface area contributed by atoms with Crippen LogP contribution in [0.15, 0.2) is 9.85 Å². The molecule has 4 heteroatoms. The molecule has 0 bridgehead atoms. The molecule has 0 radical (unpaired) electrons. The van der Waals surface area contributed by atoms with Crippen molar-refractivity contribution in [2.45, 2.75) is 69.9 Å². The quantitative estimate of drug-likeness (QED) is 0.692. The summed E-state index contributed by atoms with van der Waals surface area (Å²) in [5.74, 6) is 0. The molecule has 21 heavy (non-hydrogen) atoms. The van der Waals surface area contributed by atoms with Crippen LogP contribution in [0.4, 0.5) is 0 Å². The van der Waals surface area contributed by atoms with Gasteiger partial charge in [0.25, 0.3) is 0 Å². The summed E-state index contributed by atoms with van der Waals surface area (Å²) in [5.41, 5.74) is 1.53. The number of fused-ring (bicyclic) bond motifs is 1. The Bertz CT molecular complexity index is 442. The molecule has 1 heterocycles. The zero-order valence-electron chi connectivity index (χ0n) is 12.7. The molecule has 2 aliphatic rings. The van der Waals surface area contributed by atoms with Gasteiger partial charge in [0.05, 0.1) is 9.89 Å². The minimum absolute atomic E-state index is 0.549. The van der Waals surface area contributed by atoms with Crippen molar-refractivity contribution < 1.29 is 4.74 Å². The molecule has 1 aromatic rings. The highest BCUT2D eigenvalue weighted by Crippen LogP contribution is 2.37. The second-order valence-electron chi connectivity index (χ2n) is 6.31. The summed E-state index contributed by atoms with van der Waals surface area (Å²) in [4.78, 5) is 1.57. The van der Waals surface area contributed by atoms with Crippen molar-refractivity contribution in [1.29, 1.82) is 0 Å². The van der Waals surface area contributed by atoms with Crippen LogP contribution in [0.1, 0.15) is 67.8 Å². The van der Waals surface area contributed by atoms with Crippen LogP contribution in [0.3, 0.4) is 0 Å². The Morgan fingerprint density at radius 1 is 1.19 bits per heavy atom. The molecule has 0 saturated heterocycles. The molecule has 0 aromatic carbocycles. The molecular weight excluding hydrogens is 346 g/mol. The topological polar surface area (TPSA) is 21.3 Å². The number of thiophene rings is 1. The Morgan fingerprint density at radius 3 is 2.90 bits per heavy atom. The highest BCUT2D eigenvalue weighted by Gasteiger charge is 2.22. The summed E-state index contributed by atoms with van der Waals surface area (Å²) in [7, 11) is 0. The van der Waals surface area contributed by atoms with E-state index in [1.807, 2.05) is 11.3 Å². The van der Waals surface area contributed by atoms with Crippen LogP contribution in [-0.2, 0) is 11.2 Å². The van der Waals surface area contributed by atoms with Crippen molar-refractivity contribution in [1.82, 2.24) is 5.32 Å². The van der Waals surface area contributed by atoms with Crippen molar-refractivity contribution in [2.75, 3.05) is 13.2 Å². The Kier molecular flexibility index (Phi) is 6.16. The Morgan fingerprint density at radius 2 is 2.05 bits per heavy atom. The van der Waals surface area contributed by atoms with E-state index in [-0.39, 0.29) is 0 Å². The van der Waals surface area contributed by atoms with Crippen molar-refractivity contribution in [2.24, 2.45) is 0 Å². The van der Waals surface area contributed by atoms with E-state index >= 15 is 0 Å². The zero-order valence-corrected chi connectivity index (χ0v) is 15.1. The van der Waals surface area contributed by atoms with Crippen LogP contribution in [0.5, 0.6) is 0 Å². The predicted molar refractivity (Wildman–Crippen MR) is 93.1 cm³/mol. The van der Waals surface area contributed by atoms with Crippen LogP contribution >= 0.6 is 27.3 Å². The van der Waals surface area contributed by atoms with Gasteiger partial charge in [-0.15, -0.1) is 11.3 Å². The van der Waals surface area contributed by atoms with Gasteiger partial charge < -0.3 is 10.1 Å². The number of hydrogen-bond acceptors (Lipinski definition) is 3. The maximum Gasteiger partial charge on any atom is 0.0704 e. The molecule has 0 amide bonds. The van der Waals surface area contributed by atoms with Crippen molar-refractivity contribution in [3.63, 3.8) is 0 Å². The number of aryl methyl sites for hydroxylation is 1. The molecule has 0 aliphatic heterocycles. The molecule has 118 valence electrons. The third kappa shape index (κ3) is 4.54. The van der Waals surface area contributed by atoms with Crippen molar-refractivity contribution in [3.8, 4) is 0 Å². The fourth-order valence-corrected chi connectivity index (χ4v) is 5.38. The molecule has 1 atom stereocenters. The van der Waals surface area contributed by atoms with Gasteiger partial charge in [-0.3, -0.25) is 0 Å². The number of rotatable bonds is 6. The van der Waals surface area contributed by atoms with E-state index in [0.717, 1.165) is 19.6 Å². The number of ether oxygens (including phenoxy) is 1. The van der Waals surface area contributed by atoms with Crippen molar-refractivity contribution in [3.05, 3.63) is 20.3 Å². The fraction of sp³-hybridized carbons (Fsp3) is 0.765. The second-order valence-corrected chi connectivity index (χ2v) is 8.83. The Labute approximate surface area is 140 Å². The summed E-state index contributed by atoms with van der Waals surface area (Å²) < 4.78 is 7.28. The van der Waals surface area contributed by atoms with Crippen LogP contribution in [0.25, 0.3) is 0 Å². The SMILES string of the molecule is Brc1cc2c(s1)CCCC2NCCCOC1CCCCC1. The molecule has 1 N–H and O–H groups in total. The first-order valence-corrected chi connectivity index (χ1v) is 10.1. The van der Waals surface area contributed by atoms with Crippen LogP contribution < -0.4 is 5.32 Å². The minimum Gasteiger partial charge on any atom is -0.378 e. The van der Waals surface area contributed by atoms with Gasteiger partial charge in [-0.05, 0) is 72.6 Å². The number of nitrogens with one attached hydrogen (secondary N) is 1. The summed E-state index contributed by atoms with van der Waals surface area (Å²) in [6.07, 6.45) is 12.2. The Hall–Kier alpha value is 0.1000. The van der Waals surface area contributed by atoms with E-state index in [2.05, 4.69) is 27.3 Å². The fourth-order valence-electron chi connectivity index (χ4n) is 3.56. The molecule has 3 rings (SSSR count). The maximum absolute atomic E-state index is 6.00. The molecule has 0 spiro atoms. The maximum atomic E-state index is 6.00. The van der Waals surface area contributed by atoms with Gasteiger partial charge in [0.15, 0.2) is 0 Å². The monoisotopic (exact) mass is 371 g/mol. The molecule has 1 fully saturated rings. The van der Waals surface area contributed by atoms with Gasteiger partial charge >= 0.3 is 0 Å². The Balaban J connectivity index is 1.36. The third-order valence-electron chi connectivity index (χ3n) is 4.70. The summed E-state index contributed by atoms with van der Waals surface area (Å²) in [6, 6.07) is 2.88. The van der Waals surface area contributed by atoms with Gasteiger partial charge in [-0.2, -0.15) is 0 Å². The number of hydrogen-bond donors (Lipinski definition) is 1. The predicted octanol–water partition coefficient (Wildman–Crippen LogP) is 5.22. The smallest absolute Gasteiger partial charge is 0.0704 e. The van der Waals surface area contributed by atoms with Crippen molar-refractivity contribution >= 4 is 27.3 Å². The van der Waals surface area contributed by atoms with Gasteiger partial charge in [-0.25, -0.2) is 0 Å². The normalized spacial score (nSPS) is 23.2. The second kappa shape index (κ2) is 8.09. The molecule has 1 saturated carbocycles. The lowest BCUT2D eigenvalue weighted by molar-refractivity contribution is 0.0270.